The number of carbonyl (C=O) groups is 1. The second-order valence-corrected chi connectivity index (χ2v) is 11.6. The number of fused-ring (bicyclic) bond motifs is 2. The molecule has 4 aromatic rings. The molecule has 2 heterocycles. The number of ketones is 1. The minimum Gasteiger partial charge on any atom is -0.302 e. The second kappa shape index (κ2) is 10.7. The van der Waals surface area contributed by atoms with Crippen molar-refractivity contribution < 1.29 is 4.79 Å². The first kappa shape index (κ1) is 25.9. The smallest absolute Gasteiger partial charge is 0.146 e. The average molecular weight is 582 g/mol. The Morgan fingerprint density at radius 1 is 0.395 bits per heavy atom. The van der Waals surface area contributed by atoms with Crippen LogP contribution in [0.4, 0.5) is 0 Å². The average Bonchev–Trinajstić information content (AvgIpc) is 2.91. The van der Waals surface area contributed by atoms with E-state index in [4.69, 9.17) is 46.4 Å². The fourth-order valence-electron chi connectivity index (χ4n) is 5.96. The molecule has 0 radical (unpaired) electrons. The minimum atomic E-state index is -0.352. The Hall–Kier alpha value is -2.37. The van der Waals surface area contributed by atoms with Crippen LogP contribution in [0.25, 0.3) is 0 Å². The highest BCUT2D eigenvalue weighted by atomic mass is 35.5. The molecule has 192 valence electrons. The number of benzene rings is 4. The van der Waals surface area contributed by atoms with E-state index in [0.717, 1.165) is 22.3 Å². The molecular weight excluding hydrogens is 558 g/mol. The lowest BCUT2D eigenvalue weighted by Gasteiger charge is -2.52. The molecule has 2 saturated heterocycles. The summed E-state index contributed by atoms with van der Waals surface area (Å²) in [7, 11) is 0. The lowest BCUT2D eigenvalue weighted by molar-refractivity contribution is -0.139. The SMILES string of the molecule is O=C1C2[C@@H](c3ccc(Cl)cc3)N[C@H](c3ccc(Cl)cc3)C1[C@H](c1ccc(Cl)cc1)N[C@@H]2c1ccc(Cl)cc1. The Kier molecular flexibility index (Phi) is 7.26. The van der Waals surface area contributed by atoms with Crippen molar-refractivity contribution in [1.29, 1.82) is 0 Å². The number of piperidine rings is 2. The van der Waals surface area contributed by atoms with E-state index in [9.17, 15) is 4.79 Å². The van der Waals surface area contributed by atoms with Crippen LogP contribution < -0.4 is 10.6 Å². The third-order valence-corrected chi connectivity index (χ3v) is 8.74. The number of halogens is 4. The number of Topliss-reactive ketones (excluding diaryl/α,β-unsaturated/α-hetero) is 1. The number of nitrogens with one attached hydrogen (secondary N) is 2. The minimum absolute atomic E-state index is 0.210. The van der Waals surface area contributed by atoms with Crippen molar-refractivity contribution >= 4 is 52.2 Å². The topological polar surface area (TPSA) is 41.1 Å². The highest BCUT2D eigenvalue weighted by molar-refractivity contribution is 6.31. The highest BCUT2D eigenvalue weighted by Gasteiger charge is 2.55. The molecule has 2 unspecified atom stereocenters. The van der Waals surface area contributed by atoms with E-state index in [0.29, 0.717) is 20.1 Å². The summed E-state index contributed by atoms with van der Waals surface area (Å²) >= 11 is 24.9. The Balaban J connectivity index is 1.51. The van der Waals surface area contributed by atoms with Gasteiger partial charge in [-0.3, -0.25) is 4.79 Å². The molecule has 6 rings (SSSR count). The monoisotopic (exact) mass is 580 g/mol. The highest BCUT2D eigenvalue weighted by Crippen LogP contribution is 2.52. The molecule has 2 aliphatic rings. The number of hydrogen-bond acceptors (Lipinski definition) is 3. The molecule has 0 aliphatic carbocycles. The number of hydrogen-bond donors (Lipinski definition) is 2. The van der Waals surface area contributed by atoms with Crippen molar-refractivity contribution in [3.05, 3.63) is 139 Å². The Labute approximate surface area is 242 Å². The molecule has 2 aliphatic heterocycles. The van der Waals surface area contributed by atoms with Crippen molar-refractivity contribution in [2.75, 3.05) is 0 Å². The molecule has 2 N–H and O–H groups in total. The van der Waals surface area contributed by atoms with Gasteiger partial charge in [-0.2, -0.15) is 0 Å². The van der Waals surface area contributed by atoms with Crippen LogP contribution >= 0.6 is 46.4 Å². The van der Waals surface area contributed by atoms with E-state index in [2.05, 4.69) is 10.6 Å². The summed E-state index contributed by atoms with van der Waals surface area (Å²) in [6.07, 6.45) is 0. The normalized spacial score (nSPS) is 26.8. The van der Waals surface area contributed by atoms with E-state index < -0.39 is 0 Å². The summed E-state index contributed by atoms with van der Waals surface area (Å²) in [4.78, 5) is 14.6. The van der Waals surface area contributed by atoms with Gasteiger partial charge in [-0.15, -0.1) is 0 Å². The van der Waals surface area contributed by atoms with Crippen molar-refractivity contribution in [1.82, 2.24) is 10.6 Å². The summed E-state index contributed by atoms with van der Waals surface area (Å²) in [5.74, 6) is -0.494. The van der Waals surface area contributed by atoms with E-state index in [1.165, 1.54) is 0 Å². The molecule has 6 atom stereocenters. The van der Waals surface area contributed by atoms with Gasteiger partial charge in [-0.25, -0.2) is 0 Å². The van der Waals surface area contributed by atoms with Gasteiger partial charge in [0.2, 0.25) is 0 Å². The maximum Gasteiger partial charge on any atom is 0.146 e. The quantitative estimate of drug-likeness (QED) is 0.253. The molecule has 0 amide bonds. The molecule has 2 bridgehead atoms. The molecule has 2 fully saturated rings. The third-order valence-electron chi connectivity index (χ3n) is 7.73. The fraction of sp³-hybridized carbons (Fsp3) is 0.194. The summed E-state index contributed by atoms with van der Waals surface area (Å²) in [6, 6.07) is 30.0. The molecule has 4 aromatic carbocycles. The summed E-state index contributed by atoms with van der Waals surface area (Å²) in [5.41, 5.74) is 4.04. The van der Waals surface area contributed by atoms with Crippen LogP contribution in [-0.4, -0.2) is 5.78 Å². The third kappa shape index (κ3) is 4.88. The molecule has 3 nitrogen and oxygen atoms in total. The fourth-order valence-corrected chi connectivity index (χ4v) is 6.46. The maximum absolute atomic E-state index is 14.6. The number of carbonyl (C=O) groups excluding carboxylic acids is 1. The molecule has 0 aromatic heterocycles. The van der Waals surface area contributed by atoms with Crippen molar-refractivity contribution in [3.8, 4) is 0 Å². The molecular formula is C31H24Cl4N2O. The zero-order valence-corrected chi connectivity index (χ0v) is 23.1. The summed E-state index contributed by atoms with van der Waals surface area (Å²) < 4.78 is 0. The van der Waals surface area contributed by atoms with Crippen molar-refractivity contribution in [3.63, 3.8) is 0 Å². The number of rotatable bonds is 4. The van der Waals surface area contributed by atoms with E-state index in [1.54, 1.807) is 0 Å². The van der Waals surface area contributed by atoms with Gasteiger partial charge in [0, 0.05) is 44.3 Å². The van der Waals surface area contributed by atoms with Gasteiger partial charge in [0.15, 0.2) is 0 Å². The van der Waals surface area contributed by atoms with Crippen molar-refractivity contribution in [2.24, 2.45) is 11.8 Å². The van der Waals surface area contributed by atoms with Crippen LogP contribution in [0.1, 0.15) is 46.4 Å². The molecule has 0 saturated carbocycles. The Bertz CT molecular complexity index is 1230. The lowest BCUT2D eigenvalue weighted by Crippen LogP contribution is -2.60. The van der Waals surface area contributed by atoms with Gasteiger partial charge in [0.25, 0.3) is 0 Å². The zero-order valence-electron chi connectivity index (χ0n) is 20.1. The maximum atomic E-state index is 14.6. The van der Waals surface area contributed by atoms with Crippen LogP contribution in [0.5, 0.6) is 0 Å². The first-order chi connectivity index (χ1) is 18.4. The Morgan fingerprint density at radius 3 is 0.816 bits per heavy atom. The van der Waals surface area contributed by atoms with Gasteiger partial charge in [0.05, 0.1) is 11.8 Å². The van der Waals surface area contributed by atoms with Crippen LogP contribution in [-0.2, 0) is 4.79 Å². The van der Waals surface area contributed by atoms with Gasteiger partial charge in [0.1, 0.15) is 5.78 Å². The predicted molar refractivity (Wildman–Crippen MR) is 155 cm³/mol. The molecule has 38 heavy (non-hydrogen) atoms. The van der Waals surface area contributed by atoms with E-state index >= 15 is 0 Å². The first-order valence-electron chi connectivity index (χ1n) is 12.5. The van der Waals surface area contributed by atoms with Gasteiger partial charge in [-0.05, 0) is 70.8 Å². The second-order valence-electron chi connectivity index (χ2n) is 9.90. The zero-order chi connectivity index (χ0) is 26.4. The van der Waals surface area contributed by atoms with E-state index in [1.807, 2.05) is 97.1 Å². The Morgan fingerprint density at radius 2 is 0.605 bits per heavy atom. The van der Waals surface area contributed by atoms with E-state index in [-0.39, 0.29) is 41.8 Å². The van der Waals surface area contributed by atoms with Crippen LogP contribution in [0.3, 0.4) is 0 Å². The van der Waals surface area contributed by atoms with Gasteiger partial charge >= 0.3 is 0 Å². The lowest BCUT2D eigenvalue weighted by atomic mass is 9.64. The van der Waals surface area contributed by atoms with Crippen LogP contribution in [0, 0.1) is 11.8 Å². The largest absolute Gasteiger partial charge is 0.302 e. The van der Waals surface area contributed by atoms with Gasteiger partial charge < -0.3 is 10.6 Å². The van der Waals surface area contributed by atoms with Crippen LogP contribution in [0.15, 0.2) is 97.1 Å². The molecule has 7 heteroatoms. The summed E-state index contributed by atoms with van der Waals surface area (Å²) in [6.45, 7) is 0. The first-order valence-corrected chi connectivity index (χ1v) is 14.0. The predicted octanol–water partition coefficient (Wildman–Crippen LogP) is 8.57. The van der Waals surface area contributed by atoms with Crippen molar-refractivity contribution in [2.45, 2.75) is 24.2 Å². The standard InChI is InChI=1S/C31H24Cl4N2O/c32-21-9-1-17(2-10-21)27-25-28(18-3-11-22(33)12-4-18)37-30(20-7-15-24(35)16-8-20)26(31(25)38)29(36-27)19-5-13-23(34)14-6-19/h1-16,25-30,36-37H/t25?,26?,27-,28-,29-,30+/m1/s1. The van der Waals surface area contributed by atoms with Crippen LogP contribution in [0.2, 0.25) is 20.1 Å². The van der Waals surface area contributed by atoms with Gasteiger partial charge in [-0.1, -0.05) is 94.9 Å². The molecule has 0 spiro atoms. The summed E-state index contributed by atoms with van der Waals surface area (Å²) in [5, 5.41) is 10.4.